The molecule has 6 heteroatoms. The van der Waals surface area contributed by atoms with E-state index in [-0.39, 0.29) is 4.92 Å². The van der Waals surface area contributed by atoms with Crippen molar-refractivity contribution in [3.05, 3.63) is 69.5 Å². The van der Waals surface area contributed by atoms with Gasteiger partial charge in [-0.25, -0.2) is 4.98 Å². The summed E-state index contributed by atoms with van der Waals surface area (Å²) in [6, 6.07) is 6.76. The molecule has 0 fully saturated rings. The summed E-state index contributed by atoms with van der Waals surface area (Å²) in [5.74, 6) is 0.743. The Balaban J connectivity index is 1.82. The molecule has 3 rings (SSSR count). The highest BCUT2D eigenvalue weighted by Gasteiger charge is 2.19. The van der Waals surface area contributed by atoms with Crippen LogP contribution in [0.4, 0.5) is 0 Å². The van der Waals surface area contributed by atoms with Crippen LogP contribution in [0.5, 0.6) is 0 Å². The molecule has 1 aliphatic carbocycles. The van der Waals surface area contributed by atoms with Crippen LogP contribution in [0.3, 0.4) is 0 Å². The average molecular weight is 302 g/mol. The highest BCUT2D eigenvalue weighted by atomic mass is 35.5. The van der Waals surface area contributed by atoms with E-state index in [4.69, 9.17) is 11.6 Å². The monoisotopic (exact) mass is 301 g/mol. The van der Waals surface area contributed by atoms with Crippen LogP contribution >= 0.6 is 11.6 Å². The molecular weight excluding hydrogens is 290 g/mol. The maximum Gasteiger partial charge on any atom is 0.235 e. The lowest BCUT2D eigenvalue weighted by Gasteiger charge is -2.08. The van der Waals surface area contributed by atoms with Crippen LogP contribution in [0, 0.1) is 10.1 Å². The number of H-pyrrole nitrogens is 1. The summed E-state index contributed by atoms with van der Waals surface area (Å²) in [6.07, 6.45) is 7.35. The summed E-state index contributed by atoms with van der Waals surface area (Å²) >= 11 is 5.86. The molecule has 2 aromatic rings. The van der Waals surface area contributed by atoms with Gasteiger partial charge in [-0.3, -0.25) is 10.1 Å². The van der Waals surface area contributed by atoms with Crippen LogP contribution in [0.1, 0.15) is 12.1 Å². The third-order valence-electron chi connectivity index (χ3n) is 3.35. The van der Waals surface area contributed by atoms with Crippen molar-refractivity contribution in [2.45, 2.75) is 12.5 Å². The van der Waals surface area contributed by atoms with Crippen LogP contribution in [-0.2, 0) is 0 Å². The molecule has 106 valence electrons. The molecule has 0 radical (unpaired) electrons. The number of aromatic amines is 1. The van der Waals surface area contributed by atoms with Crippen molar-refractivity contribution in [1.82, 2.24) is 9.97 Å². The summed E-state index contributed by atoms with van der Waals surface area (Å²) < 4.78 is 0. The quantitative estimate of drug-likeness (QED) is 0.693. The summed E-state index contributed by atoms with van der Waals surface area (Å²) in [5, 5.41) is 11.4. The van der Waals surface area contributed by atoms with Crippen LogP contribution in [0.15, 0.2) is 48.7 Å². The smallest absolute Gasteiger partial charge is 0.235 e. The second-order valence-corrected chi connectivity index (χ2v) is 5.20. The lowest BCUT2D eigenvalue weighted by atomic mass is 10.0. The Hall–Kier alpha value is -2.40. The minimum atomic E-state index is -0.632. The van der Waals surface area contributed by atoms with Crippen molar-refractivity contribution in [2.75, 3.05) is 0 Å². The number of nitro groups is 1. The summed E-state index contributed by atoms with van der Waals surface area (Å²) in [4.78, 5) is 18.0. The third kappa shape index (κ3) is 2.87. The van der Waals surface area contributed by atoms with Gasteiger partial charge in [-0.2, -0.15) is 0 Å². The zero-order valence-electron chi connectivity index (χ0n) is 11.0. The van der Waals surface area contributed by atoms with E-state index in [9.17, 15) is 10.1 Å². The molecule has 1 aromatic heterocycles. The molecule has 1 unspecified atom stereocenters. The van der Waals surface area contributed by atoms with E-state index >= 15 is 0 Å². The number of benzene rings is 1. The number of halogens is 1. The number of rotatable bonds is 3. The van der Waals surface area contributed by atoms with E-state index in [2.05, 4.69) is 9.97 Å². The molecule has 0 saturated carbocycles. The standard InChI is InChI=1S/C15H12ClN3O2/c16-12-5-1-11(2-6-12)15-17-9-14(18-15)10-3-7-13(8-4-10)19(20)21/h1-7,9,13H,8H2,(H,17,18). The van der Waals surface area contributed by atoms with Crippen molar-refractivity contribution in [1.29, 1.82) is 0 Å². The first-order valence-corrected chi connectivity index (χ1v) is 6.84. The van der Waals surface area contributed by atoms with Gasteiger partial charge < -0.3 is 4.98 Å². The second kappa shape index (κ2) is 5.54. The second-order valence-electron chi connectivity index (χ2n) is 4.76. The van der Waals surface area contributed by atoms with Gasteiger partial charge in [0, 0.05) is 21.9 Å². The lowest BCUT2D eigenvalue weighted by molar-refractivity contribution is -0.508. The first kappa shape index (κ1) is 13.6. The molecule has 0 spiro atoms. The Morgan fingerprint density at radius 3 is 2.71 bits per heavy atom. The number of nitrogens with zero attached hydrogens (tertiary/aromatic N) is 2. The van der Waals surface area contributed by atoms with E-state index in [1.807, 2.05) is 18.2 Å². The Kier molecular flexibility index (Phi) is 3.58. The molecule has 0 saturated heterocycles. The number of hydrogen-bond acceptors (Lipinski definition) is 3. The molecule has 21 heavy (non-hydrogen) atoms. The van der Waals surface area contributed by atoms with Crippen LogP contribution in [0.25, 0.3) is 17.0 Å². The molecule has 0 amide bonds. The SMILES string of the molecule is O=[N+]([O-])C1C=CC(c2cnc(-c3ccc(Cl)cc3)[nH]2)=CC1. The summed E-state index contributed by atoms with van der Waals surface area (Å²) in [5.41, 5.74) is 2.70. The molecule has 1 N–H and O–H groups in total. The summed E-state index contributed by atoms with van der Waals surface area (Å²) in [7, 11) is 0. The molecule has 0 aliphatic heterocycles. The molecule has 1 aromatic carbocycles. The Morgan fingerprint density at radius 2 is 2.10 bits per heavy atom. The van der Waals surface area contributed by atoms with Crippen molar-refractivity contribution in [3.8, 4) is 11.4 Å². The highest BCUT2D eigenvalue weighted by Crippen LogP contribution is 2.24. The normalized spacial score (nSPS) is 17.6. The number of aromatic nitrogens is 2. The Labute approximate surface area is 126 Å². The van der Waals surface area contributed by atoms with Crippen LogP contribution in [-0.4, -0.2) is 20.9 Å². The zero-order chi connectivity index (χ0) is 14.8. The zero-order valence-corrected chi connectivity index (χ0v) is 11.7. The Morgan fingerprint density at radius 1 is 1.33 bits per heavy atom. The minimum Gasteiger partial charge on any atom is -0.338 e. The van der Waals surface area contributed by atoms with E-state index in [0.717, 1.165) is 22.7 Å². The van der Waals surface area contributed by atoms with E-state index in [1.54, 1.807) is 30.5 Å². The van der Waals surface area contributed by atoms with Gasteiger partial charge in [-0.1, -0.05) is 23.8 Å². The average Bonchev–Trinajstić information content (AvgIpc) is 2.98. The largest absolute Gasteiger partial charge is 0.338 e. The fraction of sp³-hybridized carbons (Fsp3) is 0.133. The molecule has 0 bridgehead atoms. The topological polar surface area (TPSA) is 71.8 Å². The molecule has 5 nitrogen and oxygen atoms in total. The number of imidazole rings is 1. The summed E-state index contributed by atoms with van der Waals surface area (Å²) in [6.45, 7) is 0. The van der Waals surface area contributed by atoms with E-state index in [1.165, 1.54) is 0 Å². The minimum absolute atomic E-state index is 0.282. The van der Waals surface area contributed by atoms with Gasteiger partial charge in [0.1, 0.15) is 5.82 Å². The lowest BCUT2D eigenvalue weighted by Crippen LogP contribution is -2.17. The maximum atomic E-state index is 10.7. The number of allylic oxidation sites excluding steroid dienone is 2. The van der Waals surface area contributed by atoms with Crippen molar-refractivity contribution in [3.63, 3.8) is 0 Å². The Bertz CT molecular complexity index is 732. The fourth-order valence-electron chi connectivity index (χ4n) is 2.19. The fourth-order valence-corrected chi connectivity index (χ4v) is 2.31. The first-order chi connectivity index (χ1) is 10.1. The first-order valence-electron chi connectivity index (χ1n) is 6.46. The van der Waals surface area contributed by atoms with Crippen LogP contribution < -0.4 is 0 Å². The van der Waals surface area contributed by atoms with Gasteiger partial charge in [-0.05, 0) is 35.9 Å². The van der Waals surface area contributed by atoms with Crippen LogP contribution in [0.2, 0.25) is 5.02 Å². The van der Waals surface area contributed by atoms with E-state index < -0.39 is 6.04 Å². The predicted molar refractivity (Wildman–Crippen MR) is 81.6 cm³/mol. The van der Waals surface area contributed by atoms with Gasteiger partial charge in [0.25, 0.3) is 0 Å². The van der Waals surface area contributed by atoms with E-state index in [0.29, 0.717) is 11.4 Å². The van der Waals surface area contributed by atoms with Crippen molar-refractivity contribution < 1.29 is 4.92 Å². The predicted octanol–water partition coefficient (Wildman–Crippen LogP) is 3.72. The third-order valence-corrected chi connectivity index (χ3v) is 3.60. The molecule has 1 heterocycles. The molecular formula is C15H12ClN3O2. The molecule has 1 aliphatic rings. The van der Waals surface area contributed by atoms with Crippen molar-refractivity contribution in [2.24, 2.45) is 0 Å². The van der Waals surface area contributed by atoms with Gasteiger partial charge in [0.15, 0.2) is 0 Å². The number of hydrogen-bond donors (Lipinski definition) is 1. The number of nitrogens with one attached hydrogen (secondary N) is 1. The molecule has 1 atom stereocenters. The van der Waals surface area contributed by atoms with Gasteiger partial charge in [0.05, 0.1) is 11.9 Å². The van der Waals surface area contributed by atoms with Gasteiger partial charge in [-0.15, -0.1) is 0 Å². The highest BCUT2D eigenvalue weighted by molar-refractivity contribution is 6.30. The maximum absolute atomic E-state index is 10.7. The van der Waals surface area contributed by atoms with Gasteiger partial charge in [0.2, 0.25) is 6.04 Å². The van der Waals surface area contributed by atoms with Gasteiger partial charge >= 0.3 is 0 Å². The van der Waals surface area contributed by atoms with Crippen molar-refractivity contribution >= 4 is 17.2 Å².